The van der Waals surface area contributed by atoms with Crippen LogP contribution in [0.2, 0.25) is 0 Å². The van der Waals surface area contributed by atoms with Crippen molar-refractivity contribution in [2.75, 3.05) is 5.32 Å². The number of nitrogens with zero attached hydrogens (tertiary/aromatic N) is 2. The van der Waals surface area contributed by atoms with E-state index in [2.05, 4.69) is 36.3 Å². The summed E-state index contributed by atoms with van der Waals surface area (Å²) in [7, 11) is 0. The van der Waals surface area contributed by atoms with Gasteiger partial charge in [0.15, 0.2) is 0 Å². The first kappa shape index (κ1) is 12.3. The zero-order valence-corrected chi connectivity index (χ0v) is 11.9. The summed E-state index contributed by atoms with van der Waals surface area (Å²) in [5, 5.41) is 11.4. The van der Waals surface area contributed by atoms with Crippen molar-refractivity contribution in [3.63, 3.8) is 0 Å². The van der Waals surface area contributed by atoms with Gasteiger partial charge in [-0.15, -0.1) is 16.7 Å². The SMILES string of the molecule is CC12CCC(C1)C(C)(C)C2Nc1nnc(CCl)o1. The summed E-state index contributed by atoms with van der Waals surface area (Å²) in [6.45, 7) is 7.06. The Morgan fingerprint density at radius 2 is 2.17 bits per heavy atom. The molecule has 5 heteroatoms. The van der Waals surface area contributed by atoms with Gasteiger partial charge in [0.05, 0.1) is 0 Å². The van der Waals surface area contributed by atoms with Crippen molar-refractivity contribution in [1.29, 1.82) is 0 Å². The van der Waals surface area contributed by atoms with Crippen LogP contribution in [0, 0.1) is 16.7 Å². The van der Waals surface area contributed by atoms with Crippen LogP contribution in [0.15, 0.2) is 4.42 Å². The van der Waals surface area contributed by atoms with Gasteiger partial charge < -0.3 is 9.73 Å². The van der Waals surface area contributed by atoms with Gasteiger partial charge in [0.2, 0.25) is 5.89 Å². The first-order chi connectivity index (χ1) is 8.45. The van der Waals surface area contributed by atoms with Crippen LogP contribution in [-0.2, 0) is 5.88 Å². The Morgan fingerprint density at radius 3 is 2.72 bits per heavy atom. The molecule has 2 saturated carbocycles. The Morgan fingerprint density at radius 1 is 1.39 bits per heavy atom. The fraction of sp³-hybridized carbons (Fsp3) is 0.846. The fourth-order valence-electron chi connectivity index (χ4n) is 4.15. The van der Waals surface area contributed by atoms with Gasteiger partial charge in [-0.1, -0.05) is 25.9 Å². The lowest BCUT2D eigenvalue weighted by atomic mass is 9.68. The number of rotatable bonds is 3. The fourth-order valence-corrected chi connectivity index (χ4v) is 4.26. The van der Waals surface area contributed by atoms with E-state index in [-0.39, 0.29) is 11.3 Å². The van der Waals surface area contributed by atoms with E-state index < -0.39 is 0 Å². The topological polar surface area (TPSA) is 51.0 Å². The average molecular weight is 270 g/mol. The van der Waals surface area contributed by atoms with Crippen LogP contribution >= 0.6 is 11.6 Å². The minimum Gasteiger partial charge on any atom is -0.407 e. The summed E-state index contributed by atoms with van der Waals surface area (Å²) in [5.41, 5.74) is 0.631. The maximum absolute atomic E-state index is 5.68. The van der Waals surface area contributed by atoms with Gasteiger partial charge in [-0.3, -0.25) is 0 Å². The summed E-state index contributed by atoms with van der Waals surface area (Å²) in [5.74, 6) is 1.54. The van der Waals surface area contributed by atoms with E-state index in [4.69, 9.17) is 16.0 Å². The minimum atomic E-state index is 0.267. The average Bonchev–Trinajstić information content (AvgIpc) is 2.95. The molecule has 100 valence electrons. The molecule has 1 aromatic rings. The Bertz CT molecular complexity index is 454. The van der Waals surface area contributed by atoms with Gasteiger partial charge in [0.1, 0.15) is 5.88 Å². The lowest BCUT2D eigenvalue weighted by Crippen LogP contribution is -2.45. The van der Waals surface area contributed by atoms with Crippen LogP contribution < -0.4 is 5.32 Å². The second-order valence-electron chi connectivity index (χ2n) is 6.63. The van der Waals surface area contributed by atoms with E-state index in [1.165, 1.54) is 19.3 Å². The molecular weight excluding hydrogens is 250 g/mol. The van der Waals surface area contributed by atoms with Crippen LogP contribution in [0.4, 0.5) is 6.01 Å². The monoisotopic (exact) mass is 269 g/mol. The Hall–Kier alpha value is -0.770. The highest BCUT2D eigenvalue weighted by atomic mass is 35.5. The van der Waals surface area contributed by atoms with Crippen LogP contribution in [0.5, 0.6) is 0 Å². The van der Waals surface area contributed by atoms with Crippen molar-refractivity contribution >= 4 is 17.6 Å². The first-order valence-electron chi connectivity index (χ1n) is 6.60. The number of aromatic nitrogens is 2. The molecule has 3 rings (SSSR count). The minimum absolute atomic E-state index is 0.267. The standard InChI is InChI=1S/C13H20ClN3O/c1-12(2)8-4-5-13(3,6-8)10(12)15-11-17-16-9(7-14)18-11/h8,10H,4-7H2,1-3H3,(H,15,17). The van der Waals surface area contributed by atoms with Crippen molar-refractivity contribution in [3.8, 4) is 0 Å². The molecule has 0 aromatic carbocycles. The van der Waals surface area contributed by atoms with E-state index in [1.807, 2.05) is 0 Å². The molecule has 2 fully saturated rings. The zero-order valence-electron chi connectivity index (χ0n) is 11.2. The van der Waals surface area contributed by atoms with Crippen LogP contribution in [-0.4, -0.2) is 16.2 Å². The lowest BCUT2D eigenvalue weighted by molar-refractivity contribution is 0.153. The summed E-state index contributed by atoms with van der Waals surface area (Å²) in [4.78, 5) is 0. The molecule has 1 N–H and O–H groups in total. The van der Waals surface area contributed by atoms with Gasteiger partial charge >= 0.3 is 6.01 Å². The normalized spacial score (nSPS) is 37.1. The molecule has 0 spiro atoms. The molecule has 4 nitrogen and oxygen atoms in total. The first-order valence-corrected chi connectivity index (χ1v) is 7.14. The molecule has 2 bridgehead atoms. The van der Waals surface area contributed by atoms with Crippen molar-refractivity contribution in [2.45, 2.75) is 52.0 Å². The molecule has 1 heterocycles. The maximum Gasteiger partial charge on any atom is 0.315 e. The van der Waals surface area contributed by atoms with Crippen LogP contribution in [0.25, 0.3) is 0 Å². The van der Waals surface area contributed by atoms with E-state index in [1.54, 1.807) is 0 Å². The molecule has 2 aliphatic carbocycles. The molecule has 3 unspecified atom stereocenters. The highest BCUT2D eigenvalue weighted by molar-refractivity contribution is 6.16. The molecule has 18 heavy (non-hydrogen) atoms. The van der Waals surface area contributed by atoms with Crippen LogP contribution in [0.1, 0.15) is 45.9 Å². The van der Waals surface area contributed by atoms with E-state index in [9.17, 15) is 0 Å². The van der Waals surface area contributed by atoms with Crippen LogP contribution in [0.3, 0.4) is 0 Å². The van der Waals surface area contributed by atoms with E-state index in [0.29, 0.717) is 23.4 Å². The second-order valence-corrected chi connectivity index (χ2v) is 6.89. The number of hydrogen-bond donors (Lipinski definition) is 1. The molecule has 0 radical (unpaired) electrons. The van der Waals surface area contributed by atoms with Gasteiger partial charge in [-0.05, 0) is 36.0 Å². The van der Waals surface area contributed by atoms with Gasteiger partial charge in [0, 0.05) is 6.04 Å². The zero-order chi connectivity index (χ0) is 13.0. The highest BCUT2D eigenvalue weighted by Crippen LogP contribution is 2.62. The van der Waals surface area contributed by atoms with Gasteiger partial charge in [-0.25, -0.2) is 0 Å². The number of nitrogens with one attached hydrogen (secondary N) is 1. The number of halogens is 1. The quantitative estimate of drug-likeness (QED) is 0.854. The highest BCUT2D eigenvalue weighted by Gasteiger charge is 2.59. The van der Waals surface area contributed by atoms with E-state index in [0.717, 1.165) is 5.92 Å². The maximum atomic E-state index is 5.68. The molecule has 0 aliphatic heterocycles. The van der Waals surface area contributed by atoms with Gasteiger partial charge in [-0.2, -0.15) is 0 Å². The Kier molecular flexibility index (Phi) is 2.63. The third-order valence-electron chi connectivity index (χ3n) is 5.12. The van der Waals surface area contributed by atoms with Crippen molar-refractivity contribution < 1.29 is 4.42 Å². The molecule has 0 saturated heterocycles. The molecule has 3 atom stereocenters. The van der Waals surface area contributed by atoms with Gasteiger partial charge in [0.25, 0.3) is 0 Å². The largest absolute Gasteiger partial charge is 0.407 e. The summed E-state index contributed by atoms with van der Waals surface area (Å²) < 4.78 is 5.48. The summed E-state index contributed by atoms with van der Waals surface area (Å²) >= 11 is 5.68. The third-order valence-corrected chi connectivity index (χ3v) is 5.35. The molecule has 2 aliphatic rings. The smallest absolute Gasteiger partial charge is 0.315 e. The third kappa shape index (κ3) is 1.65. The van der Waals surface area contributed by atoms with Crippen molar-refractivity contribution in [2.24, 2.45) is 16.7 Å². The number of fused-ring (bicyclic) bond motifs is 2. The molecule has 1 aromatic heterocycles. The summed E-state index contributed by atoms with van der Waals surface area (Å²) in [6.07, 6.45) is 3.93. The predicted molar refractivity (Wildman–Crippen MR) is 70.5 cm³/mol. The lowest BCUT2D eigenvalue weighted by Gasteiger charge is -2.42. The number of hydrogen-bond acceptors (Lipinski definition) is 4. The van der Waals surface area contributed by atoms with Crippen molar-refractivity contribution in [3.05, 3.63) is 5.89 Å². The Labute approximate surface area is 112 Å². The summed E-state index contributed by atoms with van der Waals surface area (Å²) in [6, 6.07) is 0.907. The second kappa shape index (κ2) is 3.86. The predicted octanol–water partition coefficient (Wildman–Crippen LogP) is 3.44. The molecular formula is C13H20ClN3O. The number of anilines is 1. The van der Waals surface area contributed by atoms with Crippen molar-refractivity contribution in [1.82, 2.24) is 10.2 Å². The molecule has 0 amide bonds. The Balaban J connectivity index is 1.83. The van der Waals surface area contributed by atoms with E-state index >= 15 is 0 Å². The number of alkyl halides is 1.